The predicted molar refractivity (Wildman–Crippen MR) is 97.6 cm³/mol. The van der Waals surface area contributed by atoms with Crippen LogP contribution in [-0.4, -0.2) is 37.8 Å². The van der Waals surface area contributed by atoms with E-state index in [1.165, 1.54) is 30.0 Å². The molecule has 0 aromatic heterocycles. The van der Waals surface area contributed by atoms with Gasteiger partial charge in [-0.3, -0.25) is 4.79 Å². The monoisotopic (exact) mass is 364 g/mol. The quantitative estimate of drug-likeness (QED) is 0.757. The Hall–Kier alpha value is -1.40. The van der Waals surface area contributed by atoms with Gasteiger partial charge in [0.2, 0.25) is 15.9 Å². The Morgan fingerprint density at radius 2 is 1.80 bits per heavy atom. The standard InChI is InChI=1S/C19H28N2O3S/c22-19(20-14-6-10-16-8-4-5-9-16)18-13-7-15-21(18)25(23,24)17-11-2-1-3-12-17/h1-3,11-12,16,18H,4-10,13-15H2,(H,20,22). The smallest absolute Gasteiger partial charge is 0.243 e. The van der Waals surface area contributed by atoms with Crippen LogP contribution in [0.2, 0.25) is 0 Å². The number of carbonyl (C=O) groups excluding carboxylic acids is 1. The van der Waals surface area contributed by atoms with Crippen molar-refractivity contribution in [2.75, 3.05) is 13.1 Å². The summed E-state index contributed by atoms with van der Waals surface area (Å²) in [5, 5.41) is 2.96. The molecule has 2 aliphatic rings. The van der Waals surface area contributed by atoms with E-state index in [-0.39, 0.29) is 10.8 Å². The van der Waals surface area contributed by atoms with E-state index in [0.717, 1.165) is 25.2 Å². The molecule has 1 aliphatic carbocycles. The third kappa shape index (κ3) is 4.42. The van der Waals surface area contributed by atoms with Crippen LogP contribution in [-0.2, 0) is 14.8 Å². The minimum absolute atomic E-state index is 0.150. The summed E-state index contributed by atoms with van der Waals surface area (Å²) in [4.78, 5) is 12.8. The van der Waals surface area contributed by atoms with Crippen molar-refractivity contribution < 1.29 is 13.2 Å². The number of hydrogen-bond donors (Lipinski definition) is 1. The molecule has 0 spiro atoms. The van der Waals surface area contributed by atoms with Gasteiger partial charge in [-0.05, 0) is 43.7 Å². The highest BCUT2D eigenvalue weighted by molar-refractivity contribution is 7.89. The number of nitrogens with zero attached hydrogens (tertiary/aromatic N) is 1. The second kappa shape index (κ2) is 8.32. The summed E-state index contributed by atoms with van der Waals surface area (Å²) < 4.78 is 27.0. The van der Waals surface area contributed by atoms with Crippen molar-refractivity contribution in [2.24, 2.45) is 5.92 Å². The molecule has 1 saturated heterocycles. The third-order valence-electron chi connectivity index (χ3n) is 5.42. The Balaban J connectivity index is 1.54. The fourth-order valence-corrected chi connectivity index (χ4v) is 5.71. The molecule has 1 amide bonds. The largest absolute Gasteiger partial charge is 0.355 e. The molecule has 6 heteroatoms. The maximum atomic E-state index is 12.8. The first-order valence-corrected chi connectivity index (χ1v) is 10.9. The summed E-state index contributed by atoms with van der Waals surface area (Å²) >= 11 is 0. The van der Waals surface area contributed by atoms with Gasteiger partial charge in [-0.15, -0.1) is 0 Å². The van der Waals surface area contributed by atoms with Crippen LogP contribution in [0.5, 0.6) is 0 Å². The summed E-state index contributed by atoms with van der Waals surface area (Å²) in [6, 6.07) is 7.81. The Kier molecular flexibility index (Phi) is 6.12. The van der Waals surface area contributed by atoms with Crippen molar-refractivity contribution in [1.29, 1.82) is 0 Å². The summed E-state index contributed by atoms with van der Waals surface area (Å²) in [5.74, 6) is 0.668. The lowest BCUT2D eigenvalue weighted by atomic mass is 10.0. The highest BCUT2D eigenvalue weighted by Gasteiger charge is 2.39. The molecule has 1 atom stereocenters. The molecule has 25 heavy (non-hydrogen) atoms. The van der Waals surface area contributed by atoms with Gasteiger partial charge in [0.15, 0.2) is 0 Å². The van der Waals surface area contributed by atoms with Gasteiger partial charge in [0, 0.05) is 13.1 Å². The normalized spacial score (nSPS) is 22.3. The number of rotatable bonds is 7. The third-order valence-corrected chi connectivity index (χ3v) is 7.34. The minimum atomic E-state index is -3.60. The zero-order chi connectivity index (χ0) is 17.7. The first kappa shape index (κ1) is 18.4. The van der Waals surface area contributed by atoms with Gasteiger partial charge in [-0.2, -0.15) is 4.31 Å². The van der Waals surface area contributed by atoms with Gasteiger partial charge in [-0.1, -0.05) is 43.9 Å². The van der Waals surface area contributed by atoms with Crippen LogP contribution < -0.4 is 5.32 Å². The molecule has 1 heterocycles. The van der Waals surface area contributed by atoms with Crippen molar-refractivity contribution >= 4 is 15.9 Å². The van der Waals surface area contributed by atoms with E-state index in [1.807, 2.05) is 0 Å². The summed E-state index contributed by atoms with van der Waals surface area (Å²) in [6.07, 6.45) is 8.79. The molecule has 1 unspecified atom stereocenters. The second-order valence-electron chi connectivity index (χ2n) is 7.17. The molecule has 2 fully saturated rings. The number of amides is 1. The van der Waals surface area contributed by atoms with E-state index >= 15 is 0 Å². The molecule has 1 aromatic carbocycles. The molecule has 1 aromatic rings. The van der Waals surface area contributed by atoms with Gasteiger partial charge in [0.25, 0.3) is 0 Å². The minimum Gasteiger partial charge on any atom is -0.355 e. The van der Waals surface area contributed by atoms with Crippen LogP contribution in [0.25, 0.3) is 0 Å². The Morgan fingerprint density at radius 3 is 2.52 bits per heavy atom. The van der Waals surface area contributed by atoms with E-state index in [0.29, 0.717) is 19.5 Å². The molecule has 0 bridgehead atoms. The van der Waals surface area contributed by atoms with E-state index in [1.54, 1.807) is 30.3 Å². The molecular weight excluding hydrogens is 336 g/mol. The maximum Gasteiger partial charge on any atom is 0.243 e. The Bertz CT molecular complexity index is 669. The average molecular weight is 365 g/mol. The van der Waals surface area contributed by atoms with E-state index in [9.17, 15) is 13.2 Å². The van der Waals surface area contributed by atoms with Crippen molar-refractivity contribution in [3.05, 3.63) is 30.3 Å². The van der Waals surface area contributed by atoms with Crippen molar-refractivity contribution in [3.8, 4) is 0 Å². The molecule has 0 radical (unpaired) electrons. The second-order valence-corrected chi connectivity index (χ2v) is 9.06. The number of carbonyl (C=O) groups is 1. The Morgan fingerprint density at radius 1 is 1.08 bits per heavy atom. The molecular formula is C19H28N2O3S. The van der Waals surface area contributed by atoms with Gasteiger partial charge >= 0.3 is 0 Å². The predicted octanol–water partition coefficient (Wildman–Crippen LogP) is 2.93. The molecule has 1 N–H and O–H groups in total. The lowest BCUT2D eigenvalue weighted by Crippen LogP contribution is -2.46. The first-order chi connectivity index (χ1) is 12.1. The first-order valence-electron chi connectivity index (χ1n) is 9.43. The van der Waals surface area contributed by atoms with Crippen LogP contribution in [0, 0.1) is 5.92 Å². The van der Waals surface area contributed by atoms with Crippen LogP contribution >= 0.6 is 0 Å². The summed E-state index contributed by atoms with van der Waals surface area (Å²) in [6.45, 7) is 1.06. The van der Waals surface area contributed by atoms with Gasteiger partial charge in [0.1, 0.15) is 6.04 Å². The molecule has 1 saturated carbocycles. The highest BCUT2D eigenvalue weighted by atomic mass is 32.2. The SMILES string of the molecule is O=C(NCCCC1CCCC1)C1CCCN1S(=O)(=O)c1ccccc1. The number of hydrogen-bond acceptors (Lipinski definition) is 3. The van der Waals surface area contributed by atoms with Crippen LogP contribution in [0.15, 0.2) is 35.2 Å². The number of sulfonamides is 1. The average Bonchev–Trinajstić information content (AvgIpc) is 3.31. The number of benzene rings is 1. The molecule has 138 valence electrons. The fraction of sp³-hybridized carbons (Fsp3) is 0.632. The van der Waals surface area contributed by atoms with E-state index in [4.69, 9.17) is 0 Å². The highest BCUT2D eigenvalue weighted by Crippen LogP contribution is 2.28. The summed E-state index contributed by atoms with van der Waals surface area (Å²) in [7, 11) is -3.60. The molecule has 5 nitrogen and oxygen atoms in total. The van der Waals surface area contributed by atoms with E-state index in [2.05, 4.69) is 5.32 Å². The van der Waals surface area contributed by atoms with Gasteiger partial charge < -0.3 is 5.32 Å². The van der Waals surface area contributed by atoms with Gasteiger partial charge in [0.05, 0.1) is 4.90 Å². The van der Waals surface area contributed by atoms with Crippen LogP contribution in [0.4, 0.5) is 0 Å². The van der Waals surface area contributed by atoms with Crippen molar-refractivity contribution in [1.82, 2.24) is 9.62 Å². The lowest BCUT2D eigenvalue weighted by molar-refractivity contribution is -0.124. The molecule has 1 aliphatic heterocycles. The van der Waals surface area contributed by atoms with Crippen molar-refractivity contribution in [2.45, 2.75) is 62.3 Å². The lowest BCUT2D eigenvalue weighted by Gasteiger charge is -2.23. The summed E-state index contributed by atoms with van der Waals surface area (Å²) in [5.41, 5.74) is 0. The zero-order valence-electron chi connectivity index (χ0n) is 14.7. The topological polar surface area (TPSA) is 66.5 Å². The van der Waals surface area contributed by atoms with Crippen molar-refractivity contribution in [3.63, 3.8) is 0 Å². The Labute approximate surface area is 150 Å². The fourth-order valence-electron chi connectivity index (χ4n) is 4.04. The maximum absolute atomic E-state index is 12.8. The van der Waals surface area contributed by atoms with Crippen LogP contribution in [0.3, 0.4) is 0 Å². The van der Waals surface area contributed by atoms with E-state index < -0.39 is 16.1 Å². The van der Waals surface area contributed by atoms with Gasteiger partial charge in [-0.25, -0.2) is 8.42 Å². The van der Waals surface area contributed by atoms with Crippen LogP contribution in [0.1, 0.15) is 51.4 Å². The molecule has 3 rings (SSSR count). The zero-order valence-corrected chi connectivity index (χ0v) is 15.5. The number of nitrogens with one attached hydrogen (secondary N) is 1.